The monoisotopic (exact) mass is 265 g/mol. The van der Waals surface area contributed by atoms with Crippen molar-refractivity contribution in [2.75, 3.05) is 0 Å². The predicted octanol–water partition coefficient (Wildman–Crippen LogP) is 5.42. The van der Waals surface area contributed by atoms with Crippen LogP contribution in [0.15, 0.2) is 0 Å². The van der Waals surface area contributed by atoms with Crippen LogP contribution in [0.1, 0.15) is 90.9 Å². The van der Waals surface area contributed by atoms with Crippen molar-refractivity contribution in [3.8, 4) is 6.07 Å². The Labute approximate surface area is 119 Å². The Kier molecular flexibility index (Phi) is 13.0. The molecule has 19 heavy (non-hydrogen) atoms. The second-order valence-electron chi connectivity index (χ2n) is 5.60. The third kappa shape index (κ3) is 12.0. The molecule has 0 saturated carbocycles. The molecule has 0 N–H and O–H groups in total. The molecule has 0 aliphatic rings. The molecule has 2 nitrogen and oxygen atoms in total. The number of nitriles is 1. The van der Waals surface area contributed by atoms with E-state index >= 15 is 0 Å². The van der Waals surface area contributed by atoms with E-state index in [4.69, 9.17) is 5.26 Å². The van der Waals surface area contributed by atoms with Gasteiger partial charge in [-0.05, 0) is 13.3 Å². The fourth-order valence-corrected chi connectivity index (χ4v) is 2.25. The lowest BCUT2D eigenvalue weighted by Gasteiger charge is -2.03. The summed E-state index contributed by atoms with van der Waals surface area (Å²) < 4.78 is 0. The molecule has 0 aromatic carbocycles. The van der Waals surface area contributed by atoms with Gasteiger partial charge >= 0.3 is 0 Å². The second-order valence-corrected chi connectivity index (χ2v) is 5.60. The molecule has 0 aliphatic heterocycles. The summed E-state index contributed by atoms with van der Waals surface area (Å²) in [6.07, 6.45) is 14.8. The highest BCUT2D eigenvalue weighted by Crippen LogP contribution is 2.12. The highest BCUT2D eigenvalue weighted by atomic mass is 16.1. The molecular weight excluding hydrogens is 234 g/mol. The summed E-state index contributed by atoms with van der Waals surface area (Å²) in [6, 6.07) is 2.00. The standard InChI is InChI=1S/C17H31NO/c1-3-4-5-6-7-8-9-10-11-12-13-14-17(19)16(2)15-18/h16H,3-14H2,1-2H3. The molecule has 1 atom stereocenters. The molecule has 1 unspecified atom stereocenters. The number of carbonyl (C=O) groups excluding carboxylic acids is 1. The van der Waals surface area contributed by atoms with E-state index in [2.05, 4.69) is 6.92 Å². The first-order chi connectivity index (χ1) is 9.22. The smallest absolute Gasteiger partial charge is 0.149 e. The van der Waals surface area contributed by atoms with Crippen LogP contribution in [-0.2, 0) is 4.79 Å². The van der Waals surface area contributed by atoms with Gasteiger partial charge in [0.25, 0.3) is 0 Å². The fourth-order valence-electron chi connectivity index (χ4n) is 2.25. The normalized spacial score (nSPS) is 12.1. The summed E-state index contributed by atoms with van der Waals surface area (Å²) in [6.45, 7) is 3.95. The van der Waals surface area contributed by atoms with Crippen molar-refractivity contribution >= 4 is 5.78 Å². The number of hydrogen-bond donors (Lipinski definition) is 0. The van der Waals surface area contributed by atoms with Crippen molar-refractivity contribution in [2.45, 2.75) is 90.9 Å². The van der Waals surface area contributed by atoms with Crippen LogP contribution in [0.5, 0.6) is 0 Å². The van der Waals surface area contributed by atoms with E-state index in [-0.39, 0.29) is 5.78 Å². The van der Waals surface area contributed by atoms with E-state index < -0.39 is 5.92 Å². The molecule has 0 aromatic rings. The maximum Gasteiger partial charge on any atom is 0.149 e. The quantitative estimate of drug-likeness (QED) is 0.417. The highest BCUT2D eigenvalue weighted by Gasteiger charge is 2.10. The molecule has 0 bridgehead atoms. The minimum atomic E-state index is -0.414. The lowest BCUT2D eigenvalue weighted by Crippen LogP contribution is -2.07. The summed E-state index contributed by atoms with van der Waals surface area (Å²) in [5.74, 6) is -0.304. The van der Waals surface area contributed by atoms with Gasteiger partial charge in [-0.2, -0.15) is 5.26 Å². The van der Waals surface area contributed by atoms with Gasteiger partial charge in [0, 0.05) is 6.42 Å². The van der Waals surface area contributed by atoms with Crippen molar-refractivity contribution in [3.63, 3.8) is 0 Å². The summed E-state index contributed by atoms with van der Waals surface area (Å²) in [7, 11) is 0. The molecule has 110 valence electrons. The van der Waals surface area contributed by atoms with Gasteiger partial charge in [-0.15, -0.1) is 0 Å². The van der Waals surface area contributed by atoms with Crippen LogP contribution >= 0.6 is 0 Å². The van der Waals surface area contributed by atoms with Crippen molar-refractivity contribution in [1.29, 1.82) is 5.26 Å². The van der Waals surface area contributed by atoms with Crippen LogP contribution < -0.4 is 0 Å². The summed E-state index contributed by atoms with van der Waals surface area (Å²) >= 11 is 0. The Morgan fingerprint density at radius 1 is 0.895 bits per heavy atom. The molecule has 2 heteroatoms. The number of unbranched alkanes of at least 4 members (excludes halogenated alkanes) is 10. The van der Waals surface area contributed by atoms with Crippen molar-refractivity contribution in [3.05, 3.63) is 0 Å². The SMILES string of the molecule is CCCCCCCCCCCCCC(=O)C(C)C#N. The van der Waals surface area contributed by atoms with Crippen molar-refractivity contribution in [1.82, 2.24) is 0 Å². The topological polar surface area (TPSA) is 40.9 Å². The third-order valence-electron chi connectivity index (χ3n) is 3.70. The predicted molar refractivity (Wildman–Crippen MR) is 80.9 cm³/mol. The lowest BCUT2D eigenvalue weighted by atomic mass is 10.0. The molecule has 0 amide bonds. The molecule has 0 radical (unpaired) electrons. The summed E-state index contributed by atoms with van der Waals surface area (Å²) in [4.78, 5) is 11.4. The Morgan fingerprint density at radius 3 is 1.74 bits per heavy atom. The van der Waals surface area contributed by atoms with Crippen LogP contribution in [0, 0.1) is 17.2 Å². The third-order valence-corrected chi connectivity index (χ3v) is 3.70. The van der Waals surface area contributed by atoms with Crippen LogP contribution in [0.25, 0.3) is 0 Å². The number of carbonyl (C=O) groups is 1. The average Bonchev–Trinajstić information content (AvgIpc) is 2.43. The van der Waals surface area contributed by atoms with Crippen molar-refractivity contribution < 1.29 is 4.79 Å². The van der Waals surface area contributed by atoms with Gasteiger partial charge in [-0.1, -0.05) is 71.1 Å². The number of ketones is 1. The first kappa shape index (κ1) is 18.2. The molecule has 0 heterocycles. The minimum absolute atomic E-state index is 0.110. The first-order valence-corrected chi connectivity index (χ1v) is 8.14. The first-order valence-electron chi connectivity index (χ1n) is 8.14. The van der Waals surface area contributed by atoms with Gasteiger partial charge in [0.05, 0.1) is 6.07 Å². The maximum atomic E-state index is 11.4. The molecule has 0 rings (SSSR count). The van der Waals surface area contributed by atoms with Crippen LogP contribution in [0.3, 0.4) is 0 Å². The Bertz CT molecular complexity index is 254. The zero-order valence-electron chi connectivity index (χ0n) is 12.9. The Morgan fingerprint density at radius 2 is 1.32 bits per heavy atom. The molecule has 0 fully saturated rings. The number of rotatable bonds is 13. The molecule has 0 spiro atoms. The van der Waals surface area contributed by atoms with E-state index in [1.807, 2.05) is 6.07 Å². The largest absolute Gasteiger partial charge is 0.298 e. The lowest BCUT2D eigenvalue weighted by molar-refractivity contribution is -0.121. The van der Waals surface area contributed by atoms with Gasteiger partial charge < -0.3 is 0 Å². The van der Waals surface area contributed by atoms with Gasteiger partial charge in [0.2, 0.25) is 0 Å². The molecule has 0 saturated heterocycles. The molecule has 0 aliphatic carbocycles. The molecule has 0 aromatic heterocycles. The zero-order valence-corrected chi connectivity index (χ0v) is 12.9. The van der Waals surface area contributed by atoms with Crippen LogP contribution in [0.2, 0.25) is 0 Å². The summed E-state index contributed by atoms with van der Waals surface area (Å²) in [5.41, 5.74) is 0. The van der Waals surface area contributed by atoms with Crippen LogP contribution in [-0.4, -0.2) is 5.78 Å². The van der Waals surface area contributed by atoms with E-state index in [0.29, 0.717) is 6.42 Å². The fraction of sp³-hybridized carbons (Fsp3) is 0.882. The van der Waals surface area contributed by atoms with Gasteiger partial charge in [-0.3, -0.25) is 4.79 Å². The Balaban J connectivity index is 3.15. The minimum Gasteiger partial charge on any atom is -0.298 e. The van der Waals surface area contributed by atoms with Gasteiger partial charge in [0.1, 0.15) is 11.7 Å². The second kappa shape index (κ2) is 13.6. The highest BCUT2D eigenvalue weighted by molar-refractivity contribution is 5.82. The van der Waals surface area contributed by atoms with E-state index in [9.17, 15) is 4.79 Å². The van der Waals surface area contributed by atoms with E-state index in [1.54, 1.807) is 6.92 Å². The zero-order chi connectivity index (χ0) is 14.3. The summed E-state index contributed by atoms with van der Waals surface area (Å²) in [5, 5.41) is 8.61. The number of hydrogen-bond acceptors (Lipinski definition) is 2. The van der Waals surface area contributed by atoms with Crippen molar-refractivity contribution in [2.24, 2.45) is 5.92 Å². The van der Waals surface area contributed by atoms with Gasteiger partial charge in [-0.25, -0.2) is 0 Å². The molecular formula is C17H31NO. The number of Topliss-reactive ketones (excluding diaryl/α,β-unsaturated/α-hetero) is 1. The van der Waals surface area contributed by atoms with Gasteiger partial charge in [0.15, 0.2) is 0 Å². The van der Waals surface area contributed by atoms with E-state index in [1.165, 1.54) is 57.8 Å². The van der Waals surface area contributed by atoms with Crippen LogP contribution in [0.4, 0.5) is 0 Å². The average molecular weight is 265 g/mol. The number of nitrogens with zero attached hydrogens (tertiary/aromatic N) is 1. The van der Waals surface area contributed by atoms with E-state index in [0.717, 1.165) is 12.8 Å². The maximum absolute atomic E-state index is 11.4. The Hall–Kier alpha value is -0.840.